The second-order valence-electron chi connectivity index (χ2n) is 7.98. The van der Waals surface area contributed by atoms with Gasteiger partial charge in [0.2, 0.25) is 0 Å². The molecule has 1 fully saturated rings. The first-order valence-electron chi connectivity index (χ1n) is 11.3. The molecule has 12 heteroatoms. The quantitative estimate of drug-likeness (QED) is 0.207. The van der Waals surface area contributed by atoms with E-state index in [4.69, 9.17) is 24.7 Å². The van der Waals surface area contributed by atoms with E-state index < -0.39 is 11.8 Å². The van der Waals surface area contributed by atoms with E-state index in [-0.39, 0.29) is 24.9 Å². The molecule has 3 unspecified atom stereocenters. The largest absolute Gasteiger partial charge is 0.467 e. The molecule has 0 aromatic carbocycles. The van der Waals surface area contributed by atoms with Gasteiger partial charge in [-0.15, -0.1) is 5.10 Å². The number of fused-ring (bicyclic) bond motifs is 1. The number of nitrogen functional groups attached to an aromatic ring is 1. The van der Waals surface area contributed by atoms with E-state index in [2.05, 4.69) is 27.2 Å². The molecule has 3 atom stereocenters. The predicted octanol–water partition coefficient (Wildman–Crippen LogP) is 2.75. The summed E-state index contributed by atoms with van der Waals surface area (Å²) < 4.78 is 24.6. The van der Waals surface area contributed by atoms with Crippen molar-refractivity contribution in [3.05, 3.63) is 0 Å². The number of nitrogens with two attached hydrogens (primary N) is 1. The standard InChI is InChI=1S/C21H34N6O5S/c1-6-9-33-20-23-18(22)17-19(24-20)27(26-25-17)13-10-14(31-12-16(28)29-4)15(11-13)32-21(7-2,8-3)30-5/h13-15H,6-12H2,1-5H3,(H2,22,23,24). The Morgan fingerprint density at radius 3 is 2.55 bits per heavy atom. The van der Waals surface area contributed by atoms with E-state index in [0.29, 0.717) is 47.8 Å². The smallest absolute Gasteiger partial charge is 0.331 e. The Morgan fingerprint density at radius 2 is 1.91 bits per heavy atom. The van der Waals surface area contributed by atoms with E-state index >= 15 is 0 Å². The summed E-state index contributed by atoms with van der Waals surface area (Å²) in [7, 11) is 2.98. The highest BCUT2D eigenvalue weighted by Gasteiger charge is 2.43. The van der Waals surface area contributed by atoms with Crippen LogP contribution in [-0.4, -0.2) is 75.5 Å². The summed E-state index contributed by atoms with van der Waals surface area (Å²) in [6.07, 6.45) is 2.85. The van der Waals surface area contributed by atoms with Gasteiger partial charge in [-0.2, -0.15) is 0 Å². The highest BCUT2D eigenvalue weighted by molar-refractivity contribution is 7.99. The van der Waals surface area contributed by atoms with Crippen molar-refractivity contribution in [3.8, 4) is 0 Å². The molecule has 0 aliphatic heterocycles. The Morgan fingerprint density at radius 1 is 1.18 bits per heavy atom. The first-order chi connectivity index (χ1) is 15.9. The van der Waals surface area contributed by atoms with Crippen molar-refractivity contribution in [1.82, 2.24) is 25.0 Å². The van der Waals surface area contributed by atoms with Crippen LogP contribution in [0.25, 0.3) is 11.2 Å². The first-order valence-corrected chi connectivity index (χ1v) is 12.3. The molecule has 0 radical (unpaired) electrons. The summed E-state index contributed by atoms with van der Waals surface area (Å²) in [6.45, 7) is 5.98. The van der Waals surface area contributed by atoms with Crippen molar-refractivity contribution in [2.75, 3.05) is 32.3 Å². The van der Waals surface area contributed by atoms with Gasteiger partial charge in [0.1, 0.15) is 6.61 Å². The molecular weight excluding hydrogens is 448 g/mol. The average Bonchev–Trinajstić information content (AvgIpc) is 3.43. The van der Waals surface area contributed by atoms with Crippen LogP contribution in [0.4, 0.5) is 5.82 Å². The summed E-state index contributed by atoms with van der Waals surface area (Å²) in [5.41, 5.74) is 7.19. The van der Waals surface area contributed by atoms with Gasteiger partial charge in [0, 0.05) is 12.9 Å². The average molecular weight is 483 g/mol. The Hall–Kier alpha value is -2.02. The van der Waals surface area contributed by atoms with Crippen LogP contribution in [0.3, 0.4) is 0 Å². The molecule has 2 aromatic rings. The van der Waals surface area contributed by atoms with Crippen LogP contribution in [0.2, 0.25) is 0 Å². The van der Waals surface area contributed by atoms with Crippen molar-refractivity contribution in [2.24, 2.45) is 0 Å². The molecule has 11 nitrogen and oxygen atoms in total. The summed E-state index contributed by atoms with van der Waals surface area (Å²) in [4.78, 5) is 20.7. The molecule has 33 heavy (non-hydrogen) atoms. The Labute approximate surface area is 198 Å². The maximum absolute atomic E-state index is 11.7. The fraction of sp³-hybridized carbons (Fsp3) is 0.762. The number of thioether (sulfide) groups is 1. The molecule has 0 bridgehead atoms. The Kier molecular flexibility index (Phi) is 8.85. The Bertz CT molecular complexity index is 929. The number of carbonyl (C=O) groups is 1. The maximum atomic E-state index is 11.7. The number of hydrogen-bond acceptors (Lipinski definition) is 11. The molecule has 184 valence electrons. The van der Waals surface area contributed by atoms with E-state index in [9.17, 15) is 4.79 Å². The molecule has 0 spiro atoms. The molecule has 1 saturated carbocycles. The monoisotopic (exact) mass is 482 g/mol. The first kappa shape index (κ1) is 25.6. The molecule has 0 amide bonds. The molecule has 2 aromatic heterocycles. The van der Waals surface area contributed by atoms with Gasteiger partial charge in [0.15, 0.2) is 27.9 Å². The maximum Gasteiger partial charge on any atom is 0.331 e. The third-order valence-corrected chi connectivity index (χ3v) is 7.05. The zero-order valence-electron chi connectivity index (χ0n) is 19.9. The summed E-state index contributed by atoms with van der Waals surface area (Å²) in [5, 5.41) is 9.16. The molecule has 0 saturated heterocycles. The lowest BCUT2D eigenvalue weighted by molar-refractivity contribution is -0.262. The van der Waals surface area contributed by atoms with Gasteiger partial charge in [-0.1, -0.05) is 37.7 Å². The molecule has 1 aliphatic rings. The molecule has 3 rings (SSSR count). The van der Waals surface area contributed by atoms with Gasteiger partial charge in [0.25, 0.3) is 0 Å². The highest BCUT2D eigenvalue weighted by atomic mass is 32.2. The molecule has 2 N–H and O–H groups in total. The summed E-state index contributed by atoms with van der Waals surface area (Å²) >= 11 is 1.55. The third-order valence-electron chi connectivity index (χ3n) is 5.99. The number of ether oxygens (including phenoxy) is 4. The zero-order valence-corrected chi connectivity index (χ0v) is 20.8. The van der Waals surface area contributed by atoms with Crippen LogP contribution in [0.5, 0.6) is 0 Å². The number of carbonyl (C=O) groups excluding carboxylic acids is 1. The minimum absolute atomic E-state index is 0.107. The highest BCUT2D eigenvalue weighted by Crippen LogP contribution is 2.39. The minimum atomic E-state index is -0.729. The van der Waals surface area contributed by atoms with E-state index in [1.807, 2.05) is 13.8 Å². The van der Waals surface area contributed by atoms with Crippen LogP contribution in [-0.2, 0) is 23.7 Å². The molecular formula is C21H34N6O5S. The second-order valence-corrected chi connectivity index (χ2v) is 9.04. The lowest BCUT2D eigenvalue weighted by atomic mass is 10.1. The van der Waals surface area contributed by atoms with E-state index in [1.54, 1.807) is 23.6 Å². The molecule has 1 aliphatic carbocycles. The lowest BCUT2D eigenvalue weighted by Crippen LogP contribution is -2.41. The van der Waals surface area contributed by atoms with Crippen molar-refractivity contribution in [1.29, 1.82) is 0 Å². The number of rotatable bonds is 12. The molecule has 2 heterocycles. The van der Waals surface area contributed by atoms with E-state index in [1.165, 1.54) is 7.11 Å². The second kappa shape index (κ2) is 11.4. The van der Waals surface area contributed by atoms with Crippen molar-refractivity contribution >= 4 is 34.7 Å². The number of aromatic nitrogens is 5. The normalized spacial score (nSPS) is 21.1. The SMILES string of the molecule is CCCSc1nc(N)c2nnn(C3CC(OCC(=O)OC)C(OC(CC)(CC)OC)C3)c2n1. The van der Waals surface area contributed by atoms with Crippen molar-refractivity contribution < 1.29 is 23.7 Å². The fourth-order valence-corrected chi connectivity index (χ4v) is 4.73. The topological polar surface area (TPSA) is 137 Å². The van der Waals surface area contributed by atoms with Gasteiger partial charge in [0.05, 0.1) is 25.4 Å². The van der Waals surface area contributed by atoms with Crippen molar-refractivity contribution in [2.45, 2.75) is 82.1 Å². The van der Waals surface area contributed by atoms with Crippen LogP contribution in [0.1, 0.15) is 58.9 Å². The number of anilines is 1. The van der Waals surface area contributed by atoms with Crippen LogP contribution < -0.4 is 5.73 Å². The van der Waals surface area contributed by atoms with Crippen LogP contribution in [0, 0.1) is 0 Å². The number of methoxy groups -OCH3 is 2. The van der Waals surface area contributed by atoms with Crippen molar-refractivity contribution in [3.63, 3.8) is 0 Å². The Balaban J connectivity index is 1.89. The van der Waals surface area contributed by atoms with Gasteiger partial charge >= 0.3 is 5.97 Å². The van der Waals surface area contributed by atoms with Gasteiger partial charge in [-0.3, -0.25) is 0 Å². The lowest BCUT2D eigenvalue weighted by Gasteiger charge is -2.35. The number of esters is 1. The zero-order chi connectivity index (χ0) is 24.0. The summed E-state index contributed by atoms with van der Waals surface area (Å²) in [6, 6.07) is -0.107. The van der Waals surface area contributed by atoms with Gasteiger partial charge in [-0.25, -0.2) is 19.4 Å². The van der Waals surface area contributed by atoms with Crippen LogP contribution >= 0.6 is 11.8 Å². The summed E-state index contributed by atoms with van der Waals surface area (Å²) in [5.74, 6) is 0.0329. The number of hydrogen-bond donors (Lipinski definition) is 1. The number of nitrogens with zero attached hydrogens (tertiary/aromatic N) is 5. The van der Waals surface area contributed by atoms with Gasteiger partial charge < -0.3 is 24.7 Å². The van der Waals surface area contributed by atoms with Crippen LogP contribution in [0.15, 0.2) is 5.16 Å². The van der Waals surface area contributed by atoms with Gasteiger partial charge in [-0.05, 0) is 32.1 Å². The third kappa shape index (κ3) is 5.73. The van der Waals surface area contributed by atoms with E-state index in [0.717, 1.165) is 12.2 Å². The fourth-order valence-electron chi connectivity index (χ4n) is 4.03. The minimum Gasteiger partial charge on any atom is -0.467 e. The predicted molar refractivity (Wildman–Crippen MR) is 124 cm³/mol.